The molecule has 0 spiro atoms. The third kappa shape index (κ3) is 2.11. The number of fused-ring (bicyclic) bond motifs is 5. The fraction of sp³-hybridized carbons (Fsp3) is 0.824. The van der Waals surface area contributed by atoms with E-state index in [1.807, 2.05) is 6.20 Å². The first-order valence-corrected chi connectivity index (χ1v) is 8.22. The summed E-state index contributed by atoms with van der Waals surface area (Å²) in [5.74, 6) is 6.72. The van der Waals surface area contributed by atoms with Crippen molar-refractivity contribution in [2.75, 3.05) is 6.54 Å². The van der Waals surface area contributed by atoms with Crippen molar-refractivity contribution in [3.05, 3.63) is 17.8 Å². The molecule has 0 aliphatic heterocycles. The average molecular weight is 274 g/mol. The minimum Gasteiger partial charge on any atom is -0.445 e. The molecule has 3 saturated carbocycles. The number of hydrogen-bond donors (Lipinski definition) is 1. The van der Waals surface area contributed by atoms with E-state index in [1.165, 1.54) is 25.0 Å². The van der Waals surface area contributed by atoms with E-state index in [4.69, 9.17) is 4.42 Å². The smallest absolute Gasteiger partial charge is 0.195 e. The number of oxazole rings is 1. The van der Waals surface area contributed by atoms with Gasteiger partial charge in [-0.15, -0.1) is 0 Å². The first kappa shape index (κ1) is 12.9. The maximum atomic E-state index is 6.03. The van der Waals surface area contributed by atoms with Gasteiger partial charge in [-0.25, -0.2) is 4.98 Å². The molecular weight excluding hydrogens is 248 g/mol. The molecule has 1 N–H and O–H groups in total. The number of hydrogen-bond acceptors (Lipinski definition) is 3. The molecule has 110 valence electrons. The molecule has 1 heterocycles. The molecule has 4 unspecified atom stereocenters. The normalized spacial score (nSPS) is 38.2. The highest BCUT2D eigenvalue weighted by Gasteiger charge is 2.66. The molecule has 3 aliphatic rings. The van der Waals surface area contributed by atoms with Crippen molar-refractivity contribution in [2.45, 2.75) is 57.9 Å². The number of nitrogens with zero attached hydrogens (tertiary/aromatic N) is 1. The highest BCUT2D eigenvalue weighted by Crippen LogP contribution is 2.73. The van der Waals surface area contributed by atoms with Crippen LogP contribution < -0.4 is 5.32 Å². The van der Waals surface area contributed by atoms with E-state index in [2.05, 4.69) is 31.1 Å². The van der Waals surface area contributed by atoms with E-state index in [0.717, 1.165) is 48.4 Å². The molecule has 0 radical (unpaired) electrons. The number of nitrogens with one attached hydrogen (secondary N) is 1. The quantitative estimate of drug-likeness (QED) is 0.915. The predicted octanol–water partition coefficient (Wildman–Crippen LogP) is 3.36. The lowest BCUT2D eigenvalue weighted by Gasteiger charge is -2.19. The molecule has 20 heavy (non-hydrogen) atoms. The zero-order valence-electron chi connectivity index (χ0n) is 12.9. The second-order valence-electron chi connectivity index (χ2n) is 8.10. The fourth-order valence-electron chi connectivity index (χ4n) is 4.84. The Balaban J connectivity index is 1.36. The van der Waals surface area contributed by atoms with Gasteiger partial charge in [-0.05, 0) is 63.7 Å². The van der Waals surface area contributed by atoms with E-state index in [-0.39, 0.29) is 5.54 Å². The topological polar surface area (TPSA) is 38.1 Å². The van der Waals surface area contributed by atoms with Crippen LogP contribution in [0.25, 0.3) is 0 Å². The van der Waals surface area contributed by atoms with Crippen molar-refractivity contribution in [3.63, 3.8) is 0 Å². The monoisotopic (exact) mass is 274 g/mol. The second-order valence-corrected chi connectivity index (χ2v) is 8.10. The van der Waals surface area contributed by atoms with Crippen molar-refractivity contribution in [1.82, 2.24) is 10.3 Å². The van der Waals surface area contributed by atoms with Crippen LogP contribution in [0, 0.1) is 23.7 Å². The van der Waals surface area contributed by atoms with E-state index in [0.29, 0.717) is 0 Å². The van der Waals surface area contributed by atoms with Gasteiger partial charge in [0.2, 0.25) is 0 Å². The first-order valence-electron chi connectivity index (χ1n) is 8.22. The minimum absolute atomic E-state index is 0.169. The van der Waals surface area contributed by atoms with Crippen LogP contribution in [-0.4, -0.2) is 17.1 Å². The van der Waals surface area contributed by atoms with Crippen molar-refractivity contribution in [1.29, 1.82) is 0 Å². The van der Waals surface area contributed by atoms with Gasteiger partial charge in [0.25, 0.3) is 0 Å². The summed E-state index contributed by atoms with van der Waals surface area (Å²) in [6, 6.07) is 0. The van der Waals surface area contributed by atoms with Gasteiger partial charge in [0, 0.05) is 24.4 Å². The van der Waals surface area contributed by atoms with Gasteiger partial charge in [-0.2, -0.15) is 0 Å². The first-order chi connectivity index (χ1) is 9.53. The van der Waals surface area contributed by atoms with Crippen molar-refractivity contribution in [2.24, 2.45) is 23.7 Å². The molecule has 0 saturated heterocycles. The lowest BCUT2D eigenvalue weighted by atomic mass is 10.0. The van der Waals surface area contributed by atoms with Gasteiger partial charge < -0.3 is 9.73 Å². The average Bonchev–Trinajstić information content (AvgIpc) is 2.78. The van der Waals surface area contributed by atoms with E-state index in [1.54, 1.807) is 0 Å². The summed E-state index contributed by atoms with van der Waals surface area (Å²) in [7, 11) is 0. The molecule has 2 bridgehead atoms. The Morgan fingerprint density at radius 2 is 1.95 bits per heavy atom. The van der Waals surface area contributed by atoms with Gasteiger partial charge in [-0.3, -0.25) is 0 Å². The van der Waals surface area contributed by atoms with Crippen LogP contribution in [0.2, 0.25) is 0 Å². The zero-order valence-corrected chi connectivity index (χ0v) is 12.9. The van der Waals surface area contributed by atoms with Crippen LogP contribution in [0.3, 0.4) is 0 Å². The number of rotatable bonds is 4. The van der Waals surface area contributed by atoms with Gasteiger partial charge in [0.15, 0.2) is 5.89 Å². The Kier molecular flexibility index (Phi) is 2.79. The van der Waals surface area contributed by atoms with Crippen LogP contribution in [0.15, 0.2) is 10.6 Å². The van der Waals surface area contributed by atoms with E-state index >= 15 is 0 Å². The van der Waals surface area contributed by atoms with Gasteiger partial charge in [0.1, 0.15) is 5.76 Å². The Morgan fingerprint density at radius 1 is 1.25 bits per heavy atom. The molecule has 1 aromatic rings. The van der Waals surface area contributed by atoms with Crippen LogP contribution in [0.1, 0.15) is 57.6 Å². The van der Waals surface area contributed by atoms with Crippen molar-refractivity contribution < 1.29 is 4.42 Å². The summed E-state index contributed by atoms with van der Waals surface area (Å²) in [5.41, 5.74) is 0.169. The van der Waals surface area contributed by atoms with Gasteiger partial charge >= 0.3 is 0 Å². The fourth-order valence-corrected chi connectivity index (χ4v) is 4.84. The third-order valence-corrected chi connectivity index (χ3v) is 5.63. The predicted molar refractivity (Wildman–Crippen MR) is 78.5 cm³/mol. The standard InChI is InChI=1S/C17H26N2O/c1-17(2,3)19-7-6-13-18-9-12(20-13)16-14-10-4-5-11(8-10)15(14)16/h9-11,14-16,19H,4-8H2,1-3H3. The molecule has 3 heteroatoms. The Bertz CT molecular complexity index is 485. The summed E-state index contributed by atoms with van der Waals surface area (Å²) in [4.78, 5) is 4.49. The number of aromatic nitrogens is 1. The summed E-state index contributed by atoms with van der Waals surface area (Å²) in [5, 5.41) is 3.49. The summed E-state index contributed by atoms with van der Waals surface area (Å²) >= 11 is 0. The Hall–Kier alpha value is -0.830. The molecule has 4 rings (SSSR count). The zero-order chi connectivity index (χ0) is 13.9. The Morgan fingerprint density at radius 3 is 2.60 bits per heavy atom. The van der Waals surface area contributed by atoms with E-state index < -0.39 is 0 Å². The molecular formula is C17H26N2O. The molecule has 0 aromatic carbocycles. The SMILES string of the molecule is CC(C)(C)NCCc1ncc(C2C3C4CCC(C4)C23)o1. The molecule has 3 aliphatic carbocycles. The summed E-state index contributed by atoms with van der Waals surface area (Å²) < 4.78 is 6.03. The highest BCUT2D eigenvalue weighted by atomic mass is 16.4. The van der Waals surface area contributed by atoms with E-state index in [9.17, 15) is 0 Å². The largest absolute Gasteiger partial charge is 0.445 e. The lowest BCUT2D eigenvalue weighted by molar-refractivity contribution is 0.391. The Labute approximate surface area is 121 Å². The molecule has 1 aromatic heterocycles. The van der Waals surface area contributed by atoms with Crippen LogP contribution >= 0.6 is 0 Å². The van der Waals surface area contributed by atoms with Gasteiger partial charge in [-0.1, -0.05) is 0 Å². The molecule has 4 atom stereocenters. The minimum atomic E-state index is 0.169. The van der Waals surface area contributed by atoms with Crippen molar-refractivity contribution >= 4 is 0 Å². The highest BCUT2D eigenvalue weighted by molar-refractivity contribution is 5.25. The molecule has 3 fully saturated rings. The summed E-state index contributed by atoms with van der Waals surface area (Å²) in [6.07, 6.45) is 7.35. The van der Waals surface area contributed by atoms with Crippen LogP contribution in [-0.2, 0) is 6.42 Å². The maximum absolute atomic E-state index is 6.03. The summed E-state index contributed by atoms with van der Waals surface area (Å²) in [6.45, 7) is 7.51. The lowest BCUT2D eigenvalue weighted by Crippen LogP contribution is -2.37. The van der Waals surface area contributed by atoms with Gasteiger partial charge in [0.05, 0.1) is 6.20 Å². The van der Waals surface area contributed by atoms with Crippen LogP contribution in [0.5, 0.6) is 0 Å². The second kappa shape index (κ2) is 4.33. The maximum Gasteiger partial charge on any atom is 0.195 e. The van der Waals surface area contributed by atoms with Crippen molar-refractivity contribution in [3.8, 4) is 0 Å². The molecule has 0 amide bonds. The third-order valence-electron chi connectivity index (χ3n) is 5.63. The molecule has 3 nitrogen and oxygen atoms in total. The van der Waals surface area contributed by atoms with Crippen LogP contribution in [0.4, 0.5) is 0 Å².